The summed E-state index contributed by atoms with van der Waals surface area (Å²) in [6.45, 7) is 0.358. The second-order valence-corrected chi connectivity index (χ2v) is 7.16. The highest BCUT2D eigenvalue weighted by Crippen LogP contribution is 2.32. The molecule has 32 heavy (non-hydrogen) atoms. The third-order valence-corrected chi connectivity index (χ3v) is 5.24. The number of hydrazine groups is 1. The van der Waals surface area contributed by atoms with Crippen molar-refractivity contribution >= 4 is 17.4 Å². The largest absolute Gasteiger partial charge is 0.515 e. The Balaban J connectivity index is 1.45. The summed E-state index contributed by atoms with van der Waals surface area (Å²) in [5.41, 5.74) is 6.74. The first-order chi connectivity index (χ1) is 15.6. The van der Waals surface area contributed by atoms with Crippen LogP contribution in [0.3, 0.4) is 0 Å². The van der Waals surface area contributed by atoms with Gasteiger partial charge in [0.15, 0.2) is 0 Å². The van der Waals surface area contributed by atoms with E-state index in [4.69, 9.17) is 10.1 Å². The van der Waals surface area contributed by atoms with Gasteiger partial charge in [-0.1, -0.05) is 36.4 Å². The number of rotatable bonds is 6. The van der Waals surface area contributed by atoms with E-state index in [0.29, 0.717) is 23.4 Å². The first-order valence-electron chi connectivity index (χ1n) is 10.0. The van der Waals surface area contributed by atoms with Gasteiger partial charge < -0.3 is 15.2 Å². The molecule has 1 fully saturated rings. The number of aliphatic hydroxyl groups is 1. The minimum Gasteiger partial charge on any atom is -0.515 e. The molecule has 1 aliphatic heterocycles. The molecule has 1 saturated heterocycles. The number of aliphatic hydroxyl groups excluding tert-OH is 1. The number of carbonyl (C=O) groups is 1. The van der Waals surface area contributed by atoms with E-state index in [9.17, 15) is 9.90 Å². The zero-order valence-electron chi connectivity index (χ0n) is 17.4. The Kier molecular flexibility index (Phi) is 6.14. The Morgan fingerprint density at radius 2 is 1.91 bits per heavy atom. The quantitative estimate of drug-likeness (QED) is 0.447. The molecule has 0 aliphatic carbocycles. The maximum atomic E-state index is 12.5. The summed E-state index contributed by atoms with van der Waals surface area (Å²) in [5.74, 6) is 0.477. The number of nitrogens with zero attached hydrogens (tertiary/aromatic N) is 2. The number of anilines is 1. The monoisotopic (exact) mass is 429 g/mol. The first-order valence-corrected chi connectivity index (χ1v) is 10.0. The fraction of sp³-hybridized carbons (Fsp3) is 0.125. The van der Waals surface area contributed by atoms with Crippen molar-refractivity contribution in [1.29, 1.82) is 5.41 Å². The Labute approximate surface area is 185 Å². The smallest absolute Gasteiger partial charge is 0.255 e. The molecule has 1 amide bonds. The molecule has 0 bridgehead atoms. The van der Waals surface area contributed by atoms with Crippen molar-refractivity contribution in [3.8, 4) is 5.75 Å². The maximum Gasteiger partial charge on any atom is 0.255 e. The van der Waals surface area contributed by atoms with Crippen molar-refractivity contribution in [1.82, 2.24) is 15.7 Å². The molecule has 1 aliphatic rings. The van der Waals surface area contributed by atoms with Crippen LogP contribution in [0, 0.1) is 5.41 Å². The molecular weight excluding hydrogens is 406 g/mol. The number of amidine groups is 1. The Morgan fingerprint density at radius 1 is 1.19 bits per heavy atom. The molecule has 4 rings (SSSR count). The van der Waals surface area contributed by atoms with Crippen LogP contribution >= 0.6 is 0 Å². The van der Waals surface area contributed by atoms with Crippen LogP contribution in [0.2, 0.25) is 0 Å². The lowest BCUT2D eigenvalue weighted by Crippen LogP contribution is -2.34. The minimum absolute atomic E-state index is 0.164. The van der Waals surface area contributed by atoms with Crippen LogP contribution in [0.1, 0.15) is 27.5 Å². The Bertz CT molecular complexity index is 1150. The number of hydrogen-bond donors (Lipinski definition) is 4. The molecule has 2 heterocycles. The zero-order valence-corrected chi connectivity index (χ0v) is 17.4. The second kappa shape index (κ2) is 9.32. The van der Waals surface area contributed by atoms with E-state index in [0.717, 1.165) is 23.1 Å². The van der Waals surface area contributed by atoms with Crippen LogP contribution in [0.4, 0.5) is 5.69 Å². The van der Waals surface area contributed by atoms with E-state index in [2.05, 4.69) is 15.7 Å². The molecule has 8 heteroatoms. The van der Waals surface area contributed by atoms with Gasteiger partial charge in [0.1, 0.15) is 11.6 Å². The van der Waals surface area contributed by atoms with Crippen molar-refractivity contribution in [3.05, 3.63) is 102 Å². The number of amides is 1. The van der Waals surface area contributed by atoms with Gasteiger partial charge in [-0.3, -0.25) is 20.2 Å². The van der Waals surface area contributed by atoms with Gasteiger partial charge in [-0.2, -0.15) is 0 Å². The highest BCUT2D eigenvalue weighted by atomic mass is 16.5. The lowest BCUT2D eigenvalue weighted by molar-refractivity contribution is 0.0948. The number of aromatic nitrogens is 1. The van der Waals surface area contributed by atoms with Gasteiger partial charge in [0.25, 0.3) is 5.91 Å². The third-order valence-electron chi connectivity index (χ3n) is 5.24. The van der Waals surface area contributed by atoms with E-state index in [-0.39, 0.29) is 17.8 Å². The molecule has 1 unspecified atom stereocenters. The van der Waals surface area contributed by atoms with Crippen LogP contribution in [-0.4, -0.2) is 28.9 Å². The standard InChI is InChI=1S/C24H23N5O3/c1-32-21-5-3-2-4-19(21)24(31)27-14-16-6-8-17(9-7-16)22-20(15-30)23(25)29(28-22)18-10-12-26-13-11-18/h2-13,15,22,25,28,30H,14H2,1H3,(H,27,31). The van der Waals surface area contributed by atoms with Crippen molar-refractivity contribution in [2.45, 2.75) is 12.6 Å². The van der Waals surface area contributed by atoms with E-state index in [1.165, 1.54) is 7.11 Å². The van der Waals surface area contributed by atoms with Gasteiger partial charge in [-0.15, -0.1) is 0 Å². The second-order valence-electron chi connectivity index (χ2n) is 7.16. The predicted octanol–water partition coefficient (Wildman–Crippen LogP) is 3.51. The van der Waals surface area contributed by atoms with Crippen LogP contribution < -0.4 is 20.5 Å². The van der Waals surface area contributed by atoms with Gasteiger partial charge in [-0.05, 0) is 35.4 Å². The molecule has 0 spiro atoms. The van der Waals surface area contributed by atoms with Gasteiger partial charge in [0.05, 0.1) is 36.2 Å². The molecular formula is C24H23N5O3. The van der Waals surface area contributed by atoms with Crippen LogP contribution in [0.5, 0.6) is 5.75 Å². The van der Waals surface area contributed by atoms with Crippen LogP contribution in [0.25, 0.3) is 0 Å². The van der Waals surface area contributed by atoms with Crippen molar-refractivity contribution in [2.75, 3.05) is 12.1 Å². The number of nitrogens with one attached hydrogen (secondary N) is 3. The van der Waals surface area contributed by atoms with Gasteiger partial charge in [-0.25, -0.2) is 5.43 Å². The number of pyridine rings is 1. The molecule has 162 valence electrons. The number of carbonyl (C=O) groups excluding carboxylic acids is 1. The average molecular weight is 429 g/mol. The summed E-state index contributed by atoms with van der Waals surface area (Å²) in [5, 5.41) is 22.7. The predicted molar refractivity (Wildman–Crippen MR) is 122 cm³/mol. The fourth-order valence-electron chi connectivity index (χ4n) is 3.55. The van der Waals surface area contributed by atoms with Crippen molar-refractivity contribution in [2.24, 2.45) is 0 Å². The van der Waals surface area contributed by atoms with Crippen molar-refractivity contribution < 1.29 is 14.6 Å². The lowest BCUT2D eigenvalue weighted by Gasteiger charge is -2.18. The highest BCUT2D eigenvalue weighted by molar-refractivity contribution is 6.10. The van der Waals surface area contributed by atoms with Crippen LogP contribution in [0.15, 0.2) is 84.9 Å². The fourth-order valence-corrected chi connectivity index (χ4v) is 3.55. The van der Waals surface area contributed by atoms with Gasteiger partial charge in [0.2, 0.25) is 0 Å². The molecule has 3 aromatic rings. The summed E-state index contributed by atoms with van der Waals surface area (Å²) in [6, 6.07) is 17.9. The Hall–Kier alpha value is -4.17. The molecule has 2 aromatic carbocycles. The number of benzene rings is 2. The van der Waals surface area contributed by atoms with Gasteiger partial charge >= 0.3 is 0 Å². The highest BCUT2D eigenvalue weighted by Gasteiger charge is 2.34. The molecule has 4 N–H and O–H groups in total. The van der Waals surface area contributed by atoms with E-state index in [1.807, 2.05) is 30.3 Å². The molecule has 0 radical (unpaired) electrons. The van der Waals surface area contributed by atoms with E-state index in [1.54, 1.807) is 47.7 Å². The molecule has 1 aromatic heterocycles. The third kappa shape index (κ3) is 4.17. The zero-order chi connectivity index (χ0) is 22.5. The topological polar surface area (TPSA) is 111 Å². The maximum absolute atomic E-state index is 12.5. The number of para-hydroxylation sites is 1. The van der Waals surface area contributed by atoms with E-state index < -0.39 is 0 Å². The molecule has 0 saturated carbocycles. The summed E-state index contributed by atoms with van der Waals surface area (Å²) >= 11 is 0. The summed E-state index contributed by atoms with van der Waals surface area (Å²) < 4.78 is 5.24. The first kappa shape index (κ1) is 21.1. The summed E-state index contributed by atoms with van der Waals surface area (Å²) in [7, 11) is 1.53. The number of methoxy groups -OCH3 is 1. The summed E-state index contributed by atoms with van der Waals surface area (Å²) in [6.07, 6.45) is 4.25. The Morgan fingerprint density at radius 3 is 2.59 bits per heavy atom. The number of hydrogen-bond acceptors (Lipinski definition) is 6. The lowest BCUT2D eigenvalue weighted by atomic mass is 9.99. The molecule has 1 atom stereocenters. The minimum atomic E-state index is -0.377. The molecule has 8 nitrogen and oxygen atoms in total. The normalized spacial score (nSPS) is 16.9. The van der Waals surface area contributed by atoms with Gasteiger partial charge in [0, 0.05) is 18.9 Å². The SMILES string of the molecule is COc1ccccc1C(=O)NCc1ccc(C2NN(c3ccncc3)C(=N)C2=CO)cc1. The van der Waals surface area contributed by atoms with E-state index >= 15 is 0 Å². The summed E-state index contributed by atoms with van der Waals surface area (Å²) in [4.78, 5) is 16.5. The average Bonchev–Trinajstić information content (AvgIpc) is 3.19. The van der Waals surface area contributed by atoms with Crippen molar-refractivity contribution in [3.63, 3.8) is 0 Å². The van der Waals surface area contributed by atoms with Crippen LogP contribution in [-0.2, 0) is 6.54 Å². The number of ether oxygens (including phenoxy) is 1.